The second kappa shape index (κ2) is 4.94. The largest absolute Gasteiger partial charge is 0.358 e. The third kappa shape index (κ3) is 2.23. The molecule has 3 N–H and O–H groups in total. The molecule has 1 aromatic rings. The van der Waals surface area contributed by atoms with Crippen molar-refractivity contribution in [3.8, 4) is 0 Å². The normalized spacial score (nSPS) is 20.3. The van der Waals surface area contributed by atoms with Crippen LogP contribution in [0.3, 0.4) is 0 Å². The molecule has 0 bridgehead atoms. The second-order valence-electron chi connectivity index (χ2n) is 4.10. The maximum atomic E-state index is 11.6. The van der Waals surface area contributed by atoms with Crippen molar-refractivity contribution in [2.24, 2.45) is 5.73 Å². The van der Waals surface area contributed by atoms with Gasteiger partial charge in [0, 0.05) is 35.9 Å². The molecule has 0 aromatic heterocycles. The average Bonchev–Trinajstić information content (AvgIpc) is 2.32. The van der Waals surface area contributed by atoms with E-state index in [1.54, 1.807) is 0 Å². The van der Waals surface area contributed by atoms with Crippen LogP contribution in [0.15, 0.2) is 18.2 Å². The first-order valence-electron chi connectivity index (χ1n) is 5.67. The van der Waals surface area contributed by atoms with Gasteiger partial charge in [-0.1, -0.05) is 17.7 Å². The number of amides is 1. The van der Waals surface area contributed by atoms with Gasteiger partial charge in [-0.05, 0) is 19.1 Å². The van der Waals surface area contributed by atoms with Crippen molar-refractivity contribution < 1.29 is 4.79 Å². The summed E-state index contributed by atoms with van der Waals surface area (Å²) in [5, 5.41) is 3.49. The fraction of sp³-hybridized carbons (Fsp3) is 0.417. The van der Waals surface area contributed by atoms with E-state index in [9.17, 15) is 4.79 Å². The first kappa shape index (κ1) is 12.2. The Bertz CT molecular complexity index is 436. The van der Waals surface area contributed by atoms with E-state index in [-0.39, 0.29) is 11.9 Å². The van der Waals surface area contributed by atoms with Gasteiger partial charge >= 0.3 is 0 Å². The number of nitrogens with two attached hydrogens (primary N) is 1. The van der Waals surface area contributed by atoms with Crippen LogP contribution in [-0.2, 0) is 11.3 Å². The van der Waals surface area contributed by atoms with Gasteiger partial charge in [-0.3, -0.25) is 4.79 Å². The van der Waals surface area contributed by atoms with Gasteiger partial charge in [0.25, 0.3) is 0 Å². The monoisotopic (exact) mass is 253 g/mol. The molecule has 1 atom stereocenters. The number of carbonyl (C=O) groups is 1. The number of piperazine rings is 1. The van der Waals surface area contributed by atoms with Crippen molar-refractivity contribution in [3.63, 3.8) is 0 Å². The molecular weight excluding hydrogens is 238 g/mol. The summed E-state index contributed by atoms with van der Waals surface area (Å²) < 4.78 is 0. The lowest BCUT2D eigenvalue weighted by molar-refractivity contribution is -0.122. The Labute approximate surface area is 106 Å². The van der Waals surface area contributed by atoms with Crippen LogP contribution in [0, 0.1) is 0 Å². The number of nitrogens with one attached hydrogen (secondary N) is 1. The van der Waals surface area contributed by atoms with Crippen molar-refractivity contribution in [1.29, 1.82) is 0 Å². The zero-order chi connectivity index (χ0) is 12.4. The molecule has 1 unspecified atom stereocenters. The molecule has 1 fully saturated rings. The summed E-state index contributed by atoms with van der Waals surface area (Å²) >= 11 is 6.13. The van der Waals surface area contributed by atoms with E-state index in [0.29, 0.717) is 18.1 Å². The van der Waals surface area contributed by atoms with Crippen molar-refractivity contribution >= 4 is 23.2 Å². The van der Waals surface area contributed by atoms with Crippen LogP contribution in [0.2, 0.25) is 5.02 Å². The van der Waals surface area contributed by atoms with E-state index in [4.69, 9.17) is 17.3 Å². The van der Waals surface area contributed by atoms with E-state index in [0.717, 1.165) is 17.8 Å². The highest BCUT2D eigenvalue weighted by atomic mass is 35.5. The third-order valence-corrected chi connectivity index (χ3v) is 3.46. The highest BCUT2D eigenvalue weighted by Gasteiger charge is 2.27. The molecule has 1 saturated heterocycles. The molecule has 1 aliphatic rings. The summed E-state index contributed by atoms with van der Waals surface area (Å²) in [5.41, 5.74) is 7.59. The Kier molecular flexibility index (Phi) is 3.54. The zero-order valence-electron chi connectivity index (χ0n) is 9.74. The number of halogens is 1. The fourth-order valence-electron chi connectivity index (χ4n) is 2.13. The van der Waals surface area contributed by atoms with E-state index >= 15 is 0 Å². The number of hydrogen-bond acceptors (Lipinski definition) is 3. The summed E-state index contributed by atoms with van der Waals surface area (Å²) in [6.45, 7) is 3.69. The van der Waals surface area contributed by atoms with Crippen LogP contribution < -0.4 is 16.0 Å². The van der Waals surface area contributed by atoms with Gasteiger partial charge < -0.3 is 16.0 Å². The Morgan fingerprint density at radius 3 is 3.06 bits per heavy atom. The maximum absolute atomic E-state index is 11.6. The molecule has 17 heavy (non-hydrogen) atoms. The molecule has 92 valence electrons. The van der Waals surface area contributed by atoms with E-state index in [2.05, 4.69) is 5.32 Å². The van der Waals surface area contributed by atoms with Crippen molar-refractivity contribution in [2.75, 3.05) is 18.0 Å². The smallest absolute Gasteiger partial charge is 0.242 e. The van der Waals surface area contributed by atoms with E-state index in [1.807, 2.05) is 30.0 Å². The van der Waals surface area contributed by atoms with Gasteiger partial charge in [-0.25, -0.2) is 0 Å². The van der Waals surface area contributed by atoms with Gasteiger partial charge in [-0.2, -0.15) is 0 Å². The lowest BCUT2D eigenvalue weighted by atomic mass is 10.1. The lowest BCUT2D eigenvalue weighted by Gasteiger charge is -2.36. The van der Waals surface area contributed by atoms with E-state index in [1.165, 1.54) is 0 Å². The van der Waals surface area contributed by atoms with Gasteiger partial charge in [0.1, 0.15) is 6.04 Å². The Morgan fingerprint density at radius 2 is 2.35 bits per heavy atom. The number of benzene rings is 1. The highest BCUT2D eigenvalue weighted by Crippen LogP contribution is 2.29. The predicted molar refractivity (Wildman–Crippen MR) is 69.2 cm³/mol. The first-order chi connectivity index (χ1) is 8.15. The number of anilines is 1. The summed E-state index contributed by atoms with van der Waals surface area (Å²) in [6, 6.07) is 5.48. The third-order valence-electron chi connectivity index (χ3n) is 3.11. The minimum atomic E-state index is -0.187. The topological polar surface area (TPSA) is 58.4 Å². The molecule has 4 nitrogen and oxygen atoms in total. The molecule has 2 rings (SSSR count). The predicted octanol–water partition coefficient (Wildman–Crippen LogP) is 1.12. The van der Waals surface area contributed by atoms with Crippen LogP contribution in [0.25, 0.3) is 0 Å². The van der Waals surface area contributed by atoms with Crippen LogP contribution in [-0.4, -0.2) is 25.0 Å². The molecule has 1 aromatic carbocycles. The van der Waals surface area contributed by atoms with Crippen LogP contribution in [0.1, 0.15) is 12.5 Å². The van der Waals surface area contributed by atoms with Crippen molar-refractivity contribution in [1.82, 2.24) is 5.32 Å². The summed E-state index contributed by atoms with van der Waals surface area (Å²) in [4.78, 5) is 13.7. The van der Waals surface area contributed by atoms with Crippen LogP contribution in [0.4, 0.5) is 5.69 Å². The summed E-state index contributed by atoms with van der Waals surface area (Å²) in [6.07, 6.45) is 0. The molecule has 0 radical (unpaired) electrons. The van der Waals surface area contributed by atoms with Crippen molar-refractivity contribution in [3.05, 3.63) is 28.8 Å². The second-order valence-corrected chi connectivity index (χ2v) is 4.51. The lowest BCUT2D eigenvalue weighted by Crippen LogP contribution is -2.54. The molecule has 0 saturated carbocycles. The van der Waals surface area contributed by atoms with Crippen LogP contribution >= 0.6 is 11.6 Å². The number of hydrogen-bond donors (Lipinski definition) is 2. The van der Waals surface area contributed by atoms with E-state index < -0.39 is 0 Å². The molecule has 0 spiro atoms. The van der Waals surface area contributed by atoms with Gasteiger partial charge in [0.2, 0.25) is 5.91 Å². The Morgan fingerprint density at radius 1 is 1.59 bits per heavy atom. The maximum Gasteiger partial charge on any atom is 0.242 e. The minimum absolute atomic E-state index is 0.0409. The van der Waals surface area contributed by atoms with Crippen molar-refractivity contribution in [2.45, 2.75) is 19.5 Å². The number of nitrogens with zero attached hydrogens (tertiary/aromatic N) is 1. The molecule has 0 aliphatic carbocycles. The van der Waals surface area contributed by atoms with Gasteiger partial charge in [0.15, 0.2) is 0 Å². The molecule has 1 heterocycles. The van der Waals surface area contributed by atoms with Gasteiger partial charge in [0.05, 0.1) is 0 Å². The first-order valence-corrected chi connectivity index (χ1v) is 6.04. The SMILES string of the molecule is CC1C(=O)NCCN1c1cccc(Cl)c1CN. The Balaban J connectivity index is 2.39. The quantitative estimate of drug-likeness (QED) is 0.831. The molecule has 5 heteroatoms. The molecule has 1 amide bonds. The summed E-state index contributed by atoms with van der Waals surface area (Å²) in [7, 11) is 0. The molecular formula is C12H16ClN3O. The minimum Gasteiger partial charge on any atom is -0.358 e. The fourth-order valence-corrected chi connectivity index (χ4v) is 2.38. The standard InChI is InChI=1S/C12H16ClN3O/c1-8-12(17)15-5-6-16(8)11-4-2-3-10(13)9(11)7-14/h2-4,8H,5-7,14H2,1H3,(H,15,17). The highest BCUT2D eigenvalue weighted by molar-refractivity contribution is 6.31. The number of carbonyl (C=O) groups excluding carboxylic acids is 1. The summed E-state index contributed by atoms with van der Waals surface area (Å²) in [5.74, 6) is 0.0409. The number of rotatable bonds is 2. The van der Waals surface area contributed by atoms with Gasteiger partial charge in [-0.15, -0.1) is 0 Å². The average molecular weight is 254 g/mol. The molecule has 1 aliphatic heterocycles. The Hall–Kier alpha value is -1.26. The zero-order valence-corrected chi connectivity index (χ0v) is 10.5. The van der Waals surface area contributed by atoms with Crippen LogP contribution in [0.5, 0.6) is 0 Å².